The quantitative estimate of drug-likeness (QED) is 0.330. The highest BCUT2D eigenvalue weighted by Crippen LogP contribution is 2.40. The van der Waals surface area contributed by atoms with Crippen LogP contribution in [0.5, 0.6) is 5.75 Å². The third-order valence-electron chi connectivity index (χ3n) is 6.87. The van der Waals surface area contributed by atoms with Crippen LogP contribution in [0.2, 0.25) is 0 Å². The van der Waals surface area contributed by atoms with Gasteiger partial charge in [-0.25, -0.2) is 4.39 Å². The SMILES string of the molecule is C/C=C/Oc1ccc(C2CCC(CCc3ccc(-c4ccc(C)cc4)cc3)CC2)c(F)c1F. The maximum Gasteiger partial charge on any atom is 0.201 e. The molecule has 1 fully saturated rings. The zero-order valence-corrected chi connectivity index (χ0v) is 19.5. The van der Waals surface area contributed by atoms with Gasteiger partial charge in [0.25, 0.3) is 0 Å². The lowest BCUT2D eigenvalue weighted by Gasteiger charge is -2.29. The second-order valence-corrected chi connectivity index (χ2v) is 9.19. The Balaban J connectivity index is 1.29. The van der Waals surface area contributed by atoms with E-state index in [0.717, 1.165) is 38.5 Å². The van der Waals surface area contributed by atoms with Crippen LogP contribution in [0.3, 0.4) is 0 Å². The summed E-state index contributed by atoms with van der Waals surface area (Å²) < 4.78 is 34.1. The first-order valence-electron chi connectivity index (χ1n) is 12.0. The molecule has 0 amide bonds. The number of allylic oxidation sites excluding steroid dienone is 1. The molecule has 1 aliphatic rings. The van der Waals surface area contributed by atoms with Crippen LogP contribution in [0.15, 0.2) is 73.0 Å². The van der Waals surface area contributed by atoms with E-state index in [0.29, 0.717) is 11.5 Å². The topological polar surface area (TPSA) is 9.23 Å². The zero-order valence-electron chi connectivity index (χ0n) is 19.5. The van der Waals surface area contributed by atoms with Gasteiger partial charge in [0.1, 0.15) is 0 Å². The van der Waals surface area contributed by atoms with E-state index in [1.807, 2.05) is 0 Å². The molecule has 3 aromatic carbocycles. The molecule has 33 heavy (non-hydrogen) atoms. The number of halogens is 2. The third-order valence-corrected chi connectivity index (χ3v) is 6.87. The predicted molar refractivity (Wildman–Crippen MR) is 131 cm³/mol. The number of benzene rings is 3. The summed E-state index contributed by atoms with van der Waals surface area (Å²) in [6, 6.07) is 20.7. The van der Waals surface area contributed by atoms with Crippen LogP contribution in [0.1, 0.15) is 61.6 Å². The highest BCUT2D eigenvalue weighted by Gasteiger charge is 2.26. The van der Waals surface area contributed by atoms with E-state index >= 15 is 0 Å². The smallest absolute Gasteiger partial charge is 0.201 e. The monoisotopic (exact) mass is 446 g/mol. The Morgan fingerprint density at radius 3 is 2.09 bits per heavy atom. The minimum absolute atomic E-state index is 0.0589. The van der Waals surface area contributed by atoms with Gasteiger partial charge in [0.15, 0.2) is 11.6 Å². The molecule has 0 bridgehead atoms. The summed E-state index contributed by atoms with van der Waals surface area (Å²) >= 11 is 0. The highest BCUT2D eigenvalue weighted by atomic mass is 19.2. The van der Waals surface area contributed by atoms with E-state index in [2.05, 4.69) is 55.5 Å². The lowest BCUT2D eigenvalue weighted by molar-refractivity contribution is 0.304. The van der Waals surface area contributed by atoms with Gasteiger partial charge in [0.05, 0.1) is 6.26 Å². The van der Waals surface area contributed by atoms with Crippen molar-refractivity contribution in [3.05, 3.63) is 101 Å². The molecule has 1 nitrogen and oxygen atoms in total. The van der Waals surface area contributed by atoms with Crippen molar-refractivity contribution in [3.8, 4) is 16.9 Å². The van der Waals surface area contributed by atoms with Crippen LogP contribution >= 0.6 is 0 Å². The van der Waals surface area contributed by atoms with Gasteiger partial charge in [-0.1, -0.05) is 66.2 Å². The van der Waals surface area contributed by atoms with Crippen LogP contribution in [0, 0.1) is 24.5 Å². The summed E-state index contributed by atoms with van der Waals surface area (Å²) in [4.78, 5) is 0. The average Bonchev–Trinajstić information content (AvgIpc) is 2.85. The van der Waals surface area contributed by atoms with Crippen molar-refractivity contribution in [2.45, 2.75) is 58.3 Å². The van der Waals surface area contributed by atoms with Crippen molar-refractivity contribution in [2.24, 2.45) is 5.92 Å². The summed E-state index contributed by atoms with van der Waals surface area (Å²) in [5, 5.41) is 0. The summed E-state index contributed by atoms with van der Waals surface area (Å²) in [6.07, 6.45) is 9.13. The summed E-state index contributed by atoms with van der Waals surface area (Å²) in [5.41, 5.74) is 5.61. The molecule has 0 aromatic heterocycles. The van der Waals surface area contributed by atoms with E-state index in [9.17, 15) is 8.78 Å². The van der Waals surface area contributed by atoms with Crippen LogP contribution in [-0.2, 0) is 6.42 Å². The Hall–Kier alpha value is -2.94. The van der Waals surface area contributed by atoms with Crippen molar-refractivity contribution >= 4 is 0 Å². The minimum Gasteiger partial charge on any atom is -0.462 e. The van der Waals surface area contributed by atoms with Crippen molar-refractivity contribution in [1.29, 1.82) is 0 Å². The van der Waals surface area contributed by atoms with Gasteiger partial charge in [-0.3, -0.25) is 0 Å². The van der Waals surface area contributed by atoms with Crippen LogP contribution in [0.25, 0.3) is 11.1 Å². The fourth-order valence-corrected chi connectivity index (χ4v) is 4.84. The Kier molecular flexibility index (Phi) is 7.59. The molecule has 3 aromatic rings. The molecule has 0 N–H and O–H groups in total. The van der Waals surface area contributed by atoms with Gasteiger partial charge in [0, 0.05) is 0 Å². The first-order chi connectivity index (χ1) is 16.0. The molecule has 172 valence electrons. The molecule has 1 saturated carbocycles. The molecule has 3 heteroatoms. The second-order valence-electron chi connectivity index (χ2n) is 9.19. The Morgan fingerprint density at radius 1 is 0.818 bits per heavy atom. The summed E-state index contributed by atoms with van der Waals surface area (Å²) in [7, 11) is 0. The van der Waals surface area contributed by atoms with E-state index in [1.54, 1.807) is 25.1 Å². The molecular weight excluding hydrogens is 414 g/mol. The molecular formula is C30H32F2O. The van der Waals surface area contributed by atoms with Gasteiger partial charge < -0.3 is 4.74 Å². The van der Waals surface area contributed by atoms with Gasteiger partial charge in [-0.15, -0.1) is 0 Å². The summed E-state index contributed by atoms with van der Waals surface area (Å²) in [5.74, 6) is -0.976. The molecule has 0 aliphatic heterocycles. The van der Waals surface area contributed by atoms with E-state index in [4.69, 9.17) is 4.74 Å². The Bertz CT molecular complexity index is 1080. The second kappa shape index (κ2) is 10.8. The molecule has 0 saturated heterocycles. The minimum atomic E-state index is -0.887. The third kappa shape index (κ3) is 5.71. The molecule has 4 rings (SSSR count). The van der Waals surface area contributed by atoms with Crippen LogP contribution < -0.4 is 4.74 Å². The number of ether oxygens (including phenoxy) is 1. The van der Waals surface area contributed by atoms with Crippen LogP contribution in [0.4, 0.5) is 8.78 Å². The average molecular weight is 447 g/mol. The first-order valence-corrected chi connectivity index (χ1v) is 12.0. The van der Waals surface area contributed by atoms with Crippen molar-refractivity contribution in [1.82, 2.24) is 0 Å². The lowest BCUT2D eigenvalue weighted by atomic mass is 9.76. The fourth-order valence-electron chi connectivity index (χ4n) is 4.84. The van der Waals surface area contributed by atoms with Crippen molar-refractivity contribution in [2.75, 3.05) is 0 Å². The Labute approximate surface area is 196 Å². The molecule has 0 atom stereocenters. The van der Waals surface area contributed by atoms with Gasteiger partial charge in [-0.2, -0.15) is 4.39 Å². The van der Waals surface area contributed by atoms with Gasteiger partial charge >= 0.3 is 0 Å². The first kappa shape index (κ1) is 23.2. The van der Waals surface area contributed by atoms with Crippen LogP contribution in [-0.4, -0.2) is 0 Å². The number of rotatable bonds is 7. The van der Waals surface area contributed by atoms with E-state index < -0.39 is 11.6 Å². The standard InChI is InChI=1S/C30H32F2O/c1-3-20-33-28-19-18-27(29(31)30(28)32)26-16-10-23(11-17-26)7-6-22-8-14-25(15-9-22)24-12-4-21(2)5-13-24/h3-5,8-9,12-15,18-20,23,26H,6-7,10-11,16-17H2,1-2H3/b20-3+. The zero-order chi connectivity index (χ0) is 23.2. The molecule has 0 spiro atoms. The predicted octanol–water partition coefficient (Wildman–Crippen LogP) is 8.76. The highest BCUT2D eigenvalue weighted by molar-refractivity contribution is 5.63. The van der Waals surface area contributed by atoms with E-state index in [1.165, 1.54) is 28.5 Å². The van der Waals surface area contributed by atoms with Gasteiger partial charge in [0.2, 0.25) is 5.82 Å². The molecule has 0 heterocycles. The fraction of sp³-hybridized carbons (Fsp3) is 0.333. The largest absolute Gasteiger partial charge is 0.462 e. The number of aryl methyl sites for hydroxylation is 2. The molecule has 1 aliphatic carbocycles. The number of hydrogen-bond acceptors (Lipinski definition) is 1. The number of hydrogen-bond donors (Lipinski definition) is 0. The maximum atomic E-state index is 14.6. The Morgan fingerprint density at radius 2 is 1.45 bits per heavy atom. The van der Waals surface area contributed by atoms with Crippen molar-refractivity contribution in [3.63, 3.8) is 0 Å². The summed E-state index contributed by atoms with van der Waals surface area (Å²) in [6.45, 7) is 3.87. The lowest BCUT2D eigenvalue weighted by Crippen LogP contribution is -2.15. The normalized spacial score (nSPS) is 18.5. The maximum absolute atomic E-state index is 14.6. The van der Waals surface area contributed by atoms with Gasteiger partial charge in [-0.05, 0) is 92.5 Å². The van der Waals surface area contributed by atoms with Crippen molar-refractivity contribution < 1.29 is 13.5 Å². The van der Waals surface area contributed by atoms with E-state index in [-0.39, 0.29) is 11.7 Å². The molecule has 0 radical (unpaired) electrons. The molecule has 0 unspecified atom stereocenters.